The van der Waals surface area contributed by atoms with E-state index >= 15 is 0 Å². The molecule has 5 heteroatoms. The Kier molecular flexibility index (Phi) is 2.90. The molecule has 0 unspecified atom stereocenters. The Morgan fingerprint density at radius 3 is 2.62 bits per heavy atom. The summed E-state index contributed by atoms with van der Waals surface area (Å²) in [6.45, 7) is 4.08. The molecule has 0 atom stereocenters. The number of fused-ring (bicyclic) bond motifs is 1. The van der Waals surface area contributed by atoms with Gasteiger partial charge in [-0.15, -0.1) is 0 Å². The van der Waals surface area contributed by atoms with E-state index in [0.29, 0.717) is 16.9 Å². The number of primary amides is 1. The van der Waals surface area contributed by atoms with Gasteiger partial charge >= 0.3 is 0 Å². The lowest BCUT2D eigenvalue weighted by Gasteiger charge is -2.12. The number of carbonyl (C=O) groups excluding carboxylic acids is 1. The van der Waals surface area contributed by atoms with Crippen LogP contribution in [0.2, 0.25) is 0 Å². The molecule has 0 aliphatic carbocycles. The maximum atomic E-state index is 11.7. The van der Waals surface area contributed by atoms with E-state index in [9.17, 15) is 4.79 Å². The zero-order valence-electron chi connectivity index (χ0n) is 11.9. The van der Waals surface area contributed by atoms with Gasteiger partial charge in [-0.25, -0.2) is 4.98 Å². The Morgan fingerprint density at radius 1 is 1.19 bits per heavy atom. The molecule has 21 heavy (non-hydrogen) atoms. The fourth-order valence-corrected chi connectivity index (χ4v) is 2.47. The molecule has 1 aromatic heterocycles. The van der Waals surface area contributed by atoms with E-state index in [-0.39, 0.29) is 0 Å². The monoisotopic (exact) mass is 280 g/mol. The maximum absolute atomic E-state index is 11.7. The molecule has 1 heterocycles. The number of amides is 1. The minimum atomic E-state index is -0.511. The third-order valence-electron chi connectivity index (χ3n) is 3.74. The number of benzene rings is 2. The number of hydrogen-bond donors (Lipinski definition) is 2. The average Bonchev–Trinajstić information content (AvgIpc) is 2.81. The summed E-state index contributed by atoms with van der Waals surface area (Å²) < 4.78 is 1.82. The van der Waals surface area contributed by atoms with Gasteiger partial charge in [-0.05, 0) is 49.2 Å². The zero-order valence-corrected chi connectivity index (χ0v) is 11.9. The van der Waals surface area contributed by atoms with Gasteiger partial charge in [0.2, 0.25) is 0 Å². The maximum Gasteiger partial charge on any atom is 0.250 e. The van der Waals surface area contributed by atoms with Gasteiger partial charge < -0.3 is 11.5 Å². The molecule has 0 aliphatic heterocycles. The number of nitrogens with two attached hydrogens (primary N) is 2. The van der Waals surface area contributed by atoms with Crippen molar-refractivity contribution in [3.63, 3.8) is 0 Å². The highest BCUT2D eigenvalue weighted by molar-refractivity contribution is 5.99. The summed E-state index contributed by atoms with van der Waals surface area (Å²) in [5.41, 5.74) is 17.0. The first-order valence-corrected chi connectivity index (χ1v) is 6.62. The van der Waals surface area contributed by atoms with Gasteiger partial charge in [0, 0.05) is 0 Å². The van der Waals surface area contributed by atoms with Crippen molar-refractivity contribution >= 4 is 22.6 Å². The van der Waals surface area contributed by atoms with E-state index < -0.39 is 5.91 Å². The van der Waals surface area contributed by atoms with Crippen LogP contribution in [0.5, 0.6) is 0 Å². The van der Waals surface area contributed by atoms with Gasteiger partial charge in [-0.3, -0.25) is 9.36 Å². The molecule has 0 radical (unpaired) electrons. The number of rotatable bonds is 2. The molecule has 0 saturated carbocycles. The molecule has 0 spiro atoms. The minimum Gasteiger partial charge on any atom is -0.397 e. The van der Waals surface area contributed by atoms with E-state index in [1.165, 1.54) is 5.56 Å². The van der Waals surface area contributed by atoms with Gasteiger partial charge in [0.15, 0.2) is 0 Å². The van der Waals surface area contributed by atoms with E-state index in [2.05, 4.69) is 4.98 Å². The molecule has 5 nitrogen and oxygen atoms in total. The highest BCUT2D eigenvalue weighted by Crippen LogP contribution is 2.27. The number of para-hydroxylation sites is 1. The molecule has 3 rings (SSSR count). The Morgan fingerprint density at radius 2 is 1.90 bits per heavy atom. The molecule has 0 fully saturated rings. The molecule has 2 aromatic carbocycles. The first-order valence-electron chi connectivity index (χ1n) is 6.62. The molecule has 0 saturated heterocycles. The number of hydrogen-bond acceptors (Lipinski definition) is 3. The predicted molar refractivity (Wildman–Crippen MR) is 83.5 cm³/mol. The molecule has 4 N–H and O–H groups in total. The number of nitrogen functional groups attached to an aromatic ring is 1. The van der Waals surface area contributed by atoms with Crippen LogP contribution in [0.4, 0.5) is 5.69 Å². The van der Waals surface area contributed by atoms with Crippen LogP contribution in [-0.4, -0.2) is 15.5 Å². The molecule has 0 aliphatic rings. The third-order valence-corrected chi connectivity index (χ3v) is 3.74. The van der Waals surface area contributed by atoms with Gasteiger partial charge in [0.1, 0.15) is 6.33 Å². The molecule has 1 amide bonds. The topological polar surface area (TPSA) is 86.9 Å². The lowest BCUT2D eigenvalue weighted by Crippen LogP contribution is -2.15. The second-order valence-corrected chi connectivity index (χ2v) is 5.15. The number of carbonyl (C=O) groups is 1. The van der Waals surface area contributed by atoms with Crippen LogP contribution in [0.15, 0.2) is 36.7 Å². The number of nitrogens with zero attached hydrogens (tertiary/aromatic N) is 2. The third kappa shape index (κ3) is 2.03. The number of anilines is 1. The normalized spacial score (nSPS) is 11.0. The fraction of sp³-hybridized carbons (Fsp3) is 0.125. The van der Waals surface area contributed by atoms with Crippen molar-refractivity contribution < 1.29 is 4.79 Å². The Bertz CT molecular complexity index is 864. The van der Waals surface area contributed by atoms with Crippen LogP contribution in [0, 0.1) is 13.8 Å². The van der Waals surface area contributed by atoms with Crippen molar-refractivity contribution in [1.82, 2.24) is 9.55 Å². The molecule has 0 bridgehead atoms. The van der Waals surface area contributed by atoms with E-state index in [1.807, 2.05) is 30.5 Å². The van der Waals surface area contributed by atoms with Crippen LogP contribution in [0.25, 0.3) is 16.7 Å². The summed E-state index contributed by atoms with van der Waals surface area (Å²) in [5.74, 6) is -0.511. The molecular weight excluding hydrogens is 264 g/mol. The molecule has 106 valence electrons. The van der Waals surface area contributed by atoms with Gasteiger partial charge in [-0.1, -0.05) is 6.07 Å². The van der Waals surface area contributed by atoms with Crippen LogP contribution in [0.1, 0.15) is 21.5 Å². The zero-order chi connectivity index (χ0) is 15.1. The number of aryl methyl sites for hydroxylation is 2. The Hall–Kier alpha value is -2.82. The summed E-state index contributed by atoms with van der Waals surface area (Å²) in [4.78, 5) is 16.1. The second-order valence-electron chi connectivity index (χ2n) is 5.15. The van der Waals surface area contributed by atoms with Crippen molar-refractivity contribution in [3.8, 4) is 5.69 Å². The second kappa shape index (κ2) is 4.63. The van der Waals surface area contributed by atoms with Crippen molar-refractivity contribution in [2.45, 2.75) is 13.8 Å². The average molecular weight is 280 g/mol. The highest BCUT2D eigenvalue weighted by atomic mass is 16.1. The summed E-state index contributed by atoms with van der Waals surface area (Å²) in [6.07, 6.45) is 1.67. The quantitative estimate of drug-likeness (QED) is 0.706. The first kappa shape index (κ1) is 13.2. The summed E-state index contributed by atoms with van der Waals surface area (Å²) in [5, 5.41) is 0. The van der Waals surface area contributed by atoms with Gasteiger partial charge in [-0.2, -0.15) is 0 Å². The minimum absolute atomic E-state index is 0.382. The summed E-state index contributed by atoms with van der Waals surface area (Å²) >= 11 is 0. The van der Waals surface area contributed by atoms with Gasteiger partial charge in [0.05, 0.1) is 28.0 Å². The first-order chi connectivity index (χ1) is 9.99. The predicted octanol–water partition coefficient (Wildman–Crippen LogP) is 2.32. The SMILES string of the molecule is Cc1cc2ncn(-c3c(N)cccc3C(N)=O)c2cc1C. The van der Waals surface area contributed by atoms with E-state index in [4.69, 9.17) is 11.5 Å². The summed E-state index contributed by atoms with van der Waals surface area (Å²) in [6, 6.07) is 9.18. The van der Waals surface area contributed by atoms with Crippen molar-refractivity contribution in [2.75, 3.05) is 5.73 Å². The number of aromatic nitrogens is 2. The molecule has 3 aromatic rings. The lowest BCUT2D eigenvalue weighted by molar-refractivity contribution is 0.100. The van der Waals surface area contributed by atoms with Crippen molar-refractivity contribution in [3.05, 3.63) is 53.3 Å². The molecular formula is C16H16N4O. The Balaban J connectivity index is 2.36. The van der Waals surface area contributed by atoms with Crippen molar-refractivity contribution in [1.29, 1.82) is 0 Å². The van der Waals surface area contributed by atoms with Gasteiger partial charge in [0.25, 0.3) is 5.91 Å². The van der Waals surface area contributed by atoms with Crippen LogP contribution < -0.4 is 11.5 Å². The van der Waals surface area contributed by atoms with Crippen LogP contribution in [-0.2, 0) is 0 Å². The van der Waals surface area contributed by atoms with Crippen LogP contribution >= 0.6 is 0 Å². The lowest BCUT2D eigenvalue weighted by atomic mass is 10.1. The standard InChI is InChI=1S/C16H16N4O/c1-9-6-13-14(7-10(9)2)20(8-19-13)15-11(16(18)21)4-3-5-12(15)17/h3-8H,17H2,1-2H3,(H2,18,21). The van der Waals surface area contributed by atoms with E-state index in [0.717, 1.165) is 16.6 Å². The van der Waals surface area contributed by atoms with Crippen LogP contribution in [0.3, 0.4) is 0 Å². The largest absolute Gasteiger partial charge is 0.397 e. The van der Waals surface area contributed by atoms with E-state index in [1.54, 1.807) is 24.5 Å². The van der Waals surface area contributed by atoms with Crippen molar-refractivity contribution in [2.24, 2.45) is 5.73 Å². The smallest absolute Gasteiger partial charge is 0.250 e. The fourth-order valence-electron chi connectivity index (χ4n) is 2.47. The number of imidazole rings is 1. The summed E-state index contributed by atoms with van der Waals surface area (Å²) in [7, 11) is 0. The highest BCUT2D eigenvalue weighted by Gasteiger charge is 2.15. The Labute approximate surface area is 122 Å².